The molecule has 3 rings (SSSR count). The van der Waals surface area contributed by atoms with Gasteiger partial charge in [-0.3, -0.25) is 0 Å². The number of ether oxygens (including phenoxy) is 2. The molecule has 1 aromatic heterocycles. The van der Waals surface area contributed by atoms with Crippen molar-refractivity contribution in [1.82, 2.24) is 10.2 Å². The van der Waals surface area contributed by atoms with Gasteiger partial charge < -0.3 is 9.47 Å². The van der Waals surface area contributed by atoms with E-state index >= 15 is 0 Å². The maximum atomic E-state index is 6.13. The first-order chi connectivity index (χ1) is 12.3. The van der Waals surface area contributed by atoms with E-state index in [9.17, 15) is 0 Å². The van der Waals surface area contributed by atoms with Crippen LogP contribution in [-0.4, -0.2) is 23.4 Å². The number of unbranched alkanes of at least 4 members (excludes halogenated alkanes) is 1. The van der Waals surface area contributed by atoms with Crippen LogP contribution in [0.4, 0.5) is 0 Å². The van der Waals surface area contributed by atoms with Gasteiger partial charge in [-0.25, -0.2) is 0 Å². The summed E-state index contributed by atoms with van der Waals surface area (Å²) in [5.74, 6) is 1.51. The highest BCUT2D eigenvalue weighted by Gasteiger charge is 2.15. The summed E-state index contributed by atoms with van der Waals surface area (Å²) in [6, 6.07) is 10.4. The number of benzene rings is 1. The summed E-state index contributed by atoms with van der Waals surface area (Å²) in [5.41, 5.74) is 3.27. The maximum Gasteiger partial charge on any atom is 0.233 e. The Kier molecular flexibility index (Phi) is 6.26. The standard InChI is InChI=1S/C21H28N2O2/c1-3-4-10-20-19(15-21(24-2)23-22-20)16-11-13-18(14-12-16)25-17-8-6-5-7-9-17/h11-15,17H,3-10H2,1-2H3. The average Bonchev–Trinajstić information content (AvgIpc) is 2.68. The number of hydrogen-bond donors (Lipinski definition) is 0. The van der Waals surface area contributed by atoms with E-state index in [2.05, 4.69) is 41.4 Å². The number of hydrogen-bond acceptors (Lipinski definition) is 4. The van der Waals surface area contributed by atoms with E-state index in [0.717, 1.165) is 41.8 Å². The van der Waals surface area contributed by atoms with E-state index in [-0.39, 0.29) is 0 Å². The van der Waals surface area contributed by atoms with Crippen LogP contribution in [0.25, 0.3) is 11.1 Å². The molecule has 0 atom stereocenters. The van der Waals surface area contributed by atoms with Gasteiger partial charge in [0.15, 0.2) is 0 Å². The molecule has 25 heavy (non-hydrogen) atoms. The van der Waals surface area contributed by atoms with E-state index in [1.165, 1.54) is 32.1 Å². The van der Waals surface area contributed by atoms with Crippen molar-refractivity contribution in [2.45, 2.75) is 64.4 Å². The topological polar surface area (TPSA) is 44.2 Å². The SMILES string of the molecule is CCCCc1nnc(OC)cc1-c1ccc(OC2CCCCC2)cc1. The van der Waals surface area contributed by atoms with E-state index in [0.29, 0.717) is 12.0 Å². The van der Waals surface area contributed by atoms with Gasteiger partial charge >= 0.3 is 0 Å². The molecule has 134 valence electrons. The molecule has 1 aliphatic carbocycles. The molecule has 1 aromatic carbocycles. The Hall–Kier alpha value is -2.10. The van der Waals surface area contributed by atoms with Crippen LogP contribution in [0.5, 0.6) is 11.6 Å². The highest BCUT2D eigenvalue weighted by atomic mass is 16.5. The normalized spacial score (nSPS) is 15.1. The van der Waals surface area contributed by atoms with E-state index in [1.54, 1.807) is 7.11 Å². The van der Waals surface area contributed by atoms with Crippen LogP contribution in [0.15, 0.2) is 30.3 Å². The summed E-state index contributed by atoms with van der Waals surface area (Å²) >= 11 is 0. The van der Waals surface area contributed by atoms with Crippen LogP contribution in [0.2, 0.25) is 0 Å². The molecule has 1 aliphatic rings. The van der Waals surface area contributed by atoms with Crippen molar-refractivity contribution in [2.75, 3.05) is 7.11 Å². The van der Waals surface area contributed by atoms with Gasteiger partial charge in [0.05, 0.1) is 18.9 Å². The molecule has 0 N–H and O–H groups in total. The average molecular weight is 340 g/mol. The zero-order valence-electron chi connectivity index (χ0n) is 15.3. The summed E-state index contributed by atoms with van der Waals surface area (Å²) in [6.07, 6.45) is 9.82. The summed E-state index contributed by atoms with van der Waals surface area (Å²) in [4.78, 5) is 0. The van der Waals surface area contributed by atoms with Gasteiger partial charge in [0.1, 0.15) is 5.75 Å². The molecular weight excluding hydrogens is 312 g/mol. The largest absolute Gasteiger partial charge is 0.490 e. The van der Waals surface area contributed by atoms with Gasteiger partial charge in [-0.15, -0.1) is 5.10 Å². The highest BCUT2D eigenvalue weighted by molar-refractivity contribution is 5.67. The summed E-state index contributed by atoms with van der Waals surface area (Å²) < 4.78 is 11.4. The van der Waals surface area contributed by atoms with Crippen LogP contribution >= 0.6 is 0 Å². The molecule has 1 heterocycles. The Labute approximate surface area is 150 Å². The first kappa shape index (κ1) is 17.7. The number of aromatic nitrogens is 2. The Bertz CT molecular complexity index is 664. The van der Waals surface area contributed by atoms with Gasteiger partial charge in [-0.2, -0.15) is 5.10 Å². The molecule has 1 fully saturated rings. The summed E-state index contributed by atoms with van der Waals surface area (Å²) in [7, 11) is 1.63. The third kappa shape index (κ3) is 4.71. The van der Waals surface area contributed by atoms with Gasteiger partial charge in [-0.1, -0.05) is 31.9 Å². The van der Waals surface area contributed by atoms with E-state index in [1.807, 2.05) is 6.07 Å². The highest BCUT2D eigenvalue weighted by Crippen LogP contribution is 2.29. The lowest BCUT2D eigenvalue weighted by molar-refractivity contribution is 0.155. The molecule has 4 nitrogen and oxygen atoms in total. The minimum atomic E-state index is 0.377. The molecule has 0 aliphatic heterocycles. The summed E-state index contributed by atoms with van der Waals surface area (Å²) in [6.45, 7) is 2.19. The minimum absolute atomic E-state index is 0.377. The van der Waals surface area contributed by atoms with Crippen LogP contribution < -0.4 is 9.47 Å². The fraction of sp³-hybridized carbons (Fsp3) is 0.524. The van der Waals surface area contributed by atoms with E-state index < -0.39 is 0 Å². The van der Waals surface area contributed by atoms with Crippen molar-refractivity contribution < 1.29 is 9.47 Å². The third-order valence-electron chi connectivity index (χ3n) is 4.84. The maximum absolute atomic E-state index is 6.13. The first-order valence-corrected chi connectivity index (χ1v) is 9.48. The Morgan fingerprint density at radius 1 is 1.04 bits per heavy atom. The van der Waals surface area contributed by atoms with Crippen LogP contribution in [0.1, 0.15) is 57.6 Å². The molecule has 1 saturated carbocycles. The lowest BCUT2D eigenvalue weighted by Gasteiger charge is -2.23. The second kappa shape index (κ2) is 8.84. The molecule has 0 saturated heterocycles. The van der Waals surface area contributed by atoms with Gasteiger partial charge in [0, 0.05) is 11.6 Å². The molecule has 0 spiro atoms. The smallest absolute Gasteiger partial charge is 0.233 e. The Morgan fingerprint density at radius 3 is 2.48 bits per heavy atom. The zero-order chi connectivity index (χ0) is 17.5. The molecule has 0 radical (unpaired) electrons. The zero-order valence-corrected chi connectivity index (χ0v) is 15.3. The number of nitrogens with zero attached hydrogens (tertiary/aromatic N) is 2. The van der Waals surface area contributed by atoms with Gasteiger partial charge in [0.2, 0.25) is 5.88 Å². The van der Waals surface area contributed by atoms with Crippen LogP contribution in [0, 0.1) is 0 Å². The fourth-order valence-electron chi connectivity index (χ4n) is 3.37. The van der Waals surface area contributed by atoms with Crippen molar-refractivity contribution in [3.63, 3.8) is 0 Å². The monoisotopic (exact) mass is 340 g/mol. The van der Waals surface area contributed by atoms with Gasteiger partial charge in [0.25, 0.3) is 0 Å². The number of aryl methyl sites for hydroxylation is 1. The number of rotatable bonds is 7. The molecule has 4 heteroatoms. The molecule has 2 aromatic rings. The van der Waals surface area contributed by atoms with Crippen molar-refractivity contribution in [3.05, 3.63) is 36.0 Å². The fourth-order valence-corrected chi connectivity index (χ4v) is 3.37. The van der Waals surface area contributed by atoms with Gasteiger partial charge in [-0.05, 0) is 56.2 Å². The second-order valence-electron chi connectivity index (χ2n) is 6.75. The first-order valence-electron chi connectivity index (χ1n) is 9.48. The second-order valence-corrected chi connectivity index (χ2v) is 6.75. The predicted octanol–water partition coefficient (Wildman–Crippen LogP) is 5.21. The van der Waals surface area contributed by atoms with Crippen LogP contribution in [-0.2, 0) is 6.42 Å². The molecule has 0 amide bonds. The quantitative estimate of drug-likeness (QED) is 0.694. The van der Waals surface area contributed by atoms with Crippen LogP contribution in [0.3, 0.4) is 0 Å². The number of methoxy groups -OCH3 is 1. The third-order valence-corrected chi connectivity index (χ3v) is 4.84. The van der Waals surface area contributed by atoms with Crippen molar-refractivity contribution in [1.29, 1.82) is 0 Å². The van der Waals surface area contributed by atoms with Crippen molar-refractivity contribution in [2.24, 2.45) is 0 Å². The summed E-state index contributed by atoms with van der Waals surface area (Å²) in [5, 5.41) is 8.51. The minimum Gasteiger partial charge on any atom is -0.490 e. The van der Waals surface area contributed by atoms with E-state index in [4.69, 9.17) is 9.47 Å². The lowest BCUT2D eigenvalue weighted by atomic mass is 9.97. The Balaban J connectivity index is 1.78. The predicted molar refractivity (Wildman–Crippen MR) is 100 cm³/mol. The van der Waals surface area contributed by atoms with Crippen molar-refractivity contribution in [3.8, 4) is 22.8 Å². The Morgan fingerprint density at radius 2 is 1.80 bits per heavy atom. The van der Waals surface area contributed by atoms with Crippen molar-refractivity contribution >= 4 is 0 Å². The lowest BCUT2D eigenvalue weighted by Crippen LogP contribution is -2.19. The molecule has 0 bridgehead atoms. The molecule has 0 unspecified atom stereocenters. The molecular formula is C21H28N2O2.